The molecule has 1 unspecified atom stereocenters. The van der Waals surface area contributed by atoms with Crippen molar-refractivity contribution in [2.45, 2.75) is 85.3 Å². The van der Waals surface area contributed by atoms with E-state index in [2.05, 4.69) is 90.1 Å². The number of benzene rings is 4. The first-order valence-electron chi connectivity index (χ1n) is 22.3. The van der Waals surface area contributed by atoms with Crippen molar-refractivity contribution in [3.05, 3.63) is 144 Å². The average molecular weight is 976 g/mol. The summed E-state index contributed by atoms with van der Waals surface area (Å²) < 4.78 is 38.3. The van der Waals surface area contributed by atoms with E-state index in [0.29, 0.717) is 28.8 Å². The number of thiophene rings is 1. The van der Waals surface area contributed by atoms with Crippen molar-refractivity contribution in [2.24, 2.45) is 23.2 Å². The third kappa shape index (κ3) is 9.45. The first-order valence-corrected chi connectivity index (χ1v) is 24.6. The molecule has 0 saturated heterocycles. The van der Waals surface area contributed by atoms with Crippen molar-refractivity contribution >= 4 is 50.5 Å². The van der Waals surface area contributed by atoms with Crippen molar-refractivity contribution in [1.29, 1.82) is 0 Å². The van der Waals surface area contributed by atoms with Gasteiger partial charge in [-0.3, -0.25) is 4.85 Å². The van der Waals surface area contributed by atoms with E-state index in [1.165, 1.54) is 57.0 Å². The van der Waals surface area contributed by atoms with Crippen molar-refractivity contribution in [2.75, 3.05) is 0 Å². The Morgan fingerprint density at radius 1 is 0.845 bits per heavy atom. The maximum atomic E-state index is 9.16. The van der Waals surface area contributed by atoms with Gasteiger partial charge in [-0.15, -0.1) is 47.5 Å². The molecule has 3 saturated carbocycles. The molecule has 3 aliphatic carbocycles. The van der Waals surface area contributed by atoms with Gasteiger partial charge in [0, 0.05) is 42.7 Å². The van der Waals surface area contributed by atoms with Gasteiger partial charge in [0.2, 0.25) is 0 Å². The van der Waals surface area contributed by atoms with Crippen LogP contribution in [0.25, 0.3) is 58.7 Å². The third-order valence-electron chi connectivity index (χ3n) is 11.4. The van der Waals surface area contributed by atoms with Gasteiger partial charge < -0.3 is 9.97 Å². The second-order valence-corrected chi connectivity index (χ2v) is 23.9. The molecule has 0 aliphatic heterocycles. The Labute approximate surface area is 370 Å². The smallest absolute Gasteiger partial charge is 0.108 e. The summed E-state index contributed by atoms with van der Waals surface area (Å²) in [5.41, 5.74) is 7.08. The summed E-state index contributed by atoms with van der Waals surface area (Å²) in [6.07, 6.45) is 6.77. The molecule has 58 heavy (non-hydrogen) atoms. The molecule has 1 atom stereocenters. The van der Waals surface area contributed by atoms with Crippen molar-refractivity contribution in [1.82, 2.24) is 9.97 Å². The van der Waals surface area contributed by atoms with Gasteiger partial charge in [0.1, 0.15) is 5.69 Å². The largest absolute Gasteiger partial charge is 0.305 e. The Balaban J connectivity index is 0.000000197. The number of pyridine rings is 2. The Morgan fingerprint density at radius 2 is 1.62 bits per heavy atom. The molecule has 3 aromatic heterocycles. The van der Waals surface area contributed by atoms with E-state index in [0.717, 1.165) is 34.0 Å². The molecule has 297 valence electrons. The zero-order chi connectivity index (χ0) is 43.3. The maximum absolute atomic E-state index is 9.16. The fourth-order valence-electron chi connectivity index (χ4n) is 8.55. The summed E-state index contributed by atoms with van der Waals surface area (Å²) in [5, 5.41) is 3.50. The molecule has 1 radical (unpaired) electrons. The van der Waals surface area contributed by atoms with Crippen LogP contribution >= 0.6 is 11.3 Å². The quantitative estimate of drug-likeness (QED) is 0.118. The van der Waals surface area contributed by atoms with Crippen molar-refractivity contribution in [3.8, 4) is 33.6 Å². The molecule has 2 bridgehead atoms. The van der Waals surface area contributed by atoms with Crippen LogP contribution in [0.1, 0.15) is 69.5 Å². The van der Waals surface area contributed by atoms with Crippen molar-refractivity contribution < 1.29 is 25.6 Å². The molecule has 3 heterocycles. The average Bonchev–Trinajstić information content (AvgIpc) is 3.65. The van der Waals surface area contributed by atoms with Gasteiger partial charge in [-0.05, 0) is 105 Å². The van der Waals surface area contributed by atoms with E-state index in [9.17, 15) is 0 Å². The van der Waals surface area contributed by atoms with Crippen LogP contribution < -0.4 is 5.19 Å². The third-order valence-corrected chi connectivity index (χ3v) is 14.6. The zero-order valence-corrected chi connectivity index (χ0v) is 38.5. The summed E-state index contributed by atoms with van der Waals surface area (Å²) in [6, 6.07) is 38.8. The molecular weight excluding hydrogens is 919 g/mol. The van der Waals surface area contributed by atoms with Crippen LogP contribution in [0.4, 0.5) is 5.69 Å². The molecule has 0 N–H and O–H groups in total. The monoisotopic (exact) mass is 976 g/mol. The van der Waals surface area contributed by atoms with Crippen LogP contribution in [0.3, 0.4) is 0 Å². The van der Waals surface area contributed by atoms with Crippen LogP contribution in [0.15, 0.2) is 109 Å². The van der Waals surface area contributed by atoms with Gasteiger partial charge in [-0.1, -0.05) is 124 Å². The van der Waals surface area contributed by atoms with E-state index < -0.39 is 26.2 Å². The fraction of sp³-hybridized carbons (Fsp3) is 0.327. The molecule has 4 aromatic carbocycles. The minimum atomic E-state index is -1.77. The number of fused-ring (bicyclic) bond motifs is 6. The van der Waals surface area contributed by atoms with Gasteiger partial charge in [0.05, 0.1) is 14.6 Å². The number of hydrogen-bond acceptors (Lipinski definition) is 3. The molecule has 0 spiro atoms. The summed E-state index contributed by atoms with van der Waals surface area (Å²) >= 11 is 1.78. The first-order chi connectivity index (χ1) is 29.0. The van der Waals surface area contributed by atoms with E-state index in [1.807, 2.05) is 57.3 Å². The van der Waals surface area contributed by atoms with Gasteiger partial charge >= 0.3 is 0 Å². The molecule has 3 aliphatic rings. The van der Waals surface area contributed by atoms with E-state index in [4.69, 9.17) is 17.0 Å². The Morgan fingerprint density at radius 3 is 2.33 bits per heavy atom. The number of rotatable bonds is 7. The summed E-state index contributed by atoms with van der Waals surface area (Å²) in [5.74, 6) is 1.33. The van der Waals surface area contributed by atoms with Gasteiger partial charge in [0.15, 0.2) is 0 Å². The molecule has 10 rings (SSSR count). The predicted octanol–water partition coefficient (Wildman–Crippen LogP) is 14.2. The van der Waals surface area contributed by atoms with Crippen LogP contribution in [-0.4, -0.2) is 18.0 Å². The Hall–Kier alpha value is -4.24. The Kier molecular flexibility index (Phi) is 11.1. The fourth-order valence-corrected chi connectivity index (χ4v) is 11.2. The van der Waals surface area contributed by atoms with Crippen LogP contribution in [-0.2, 0) is 32.9 Å². The van der Waals surface area contributed by atoms with Crippen LogP contribution in [0.5, 0.6) is 0 Å². The second-order valence-electron chi connectivity index (χ2n) is 17.8. The number of aromatic nitrogens is 2. The summed E-state index contributed by atoms with van der Waals surface area (Å²) in [4.78, 5) is 12.8. The zero-order valence-electron chi connectivity index (χ0n) is 38.2. The number of hydrogen-bond donors (Lipinski definition) is 0. The molecule has 7 aromatic rings. The van der Waals surface area contributed by atoms with Crippen molar-refractivity contribution in [3.63, 3.8) is 0 Å². The van der Waals surface area contributed by atoms with E-state index in [1.54, 1.807) is 35.7 Å². The molecule has 0 amide bonds. The van der Waals surface area contributed by atoms with Gasteiger partial charge in [0.25, 0.3) is 0 Å². The molecule has 3 fully saturated rings. The molecular formula is C52H53IrN3SSi-2. The second kappa shape index (κ2) is 17.5. The maximum Gasteiger partial charge on any atom is 0.108 e. The summed E-state index contributed by atoms with van der Waals surface area (Å²) in [6.45, 7) is 19.6. The minimum Gasteiger partial charge on any atom is -0.305 e. The number of nitrogens with zero attached hydrogens (tertiary/aromatic N) is 3. The summed E-state index contributed by atoms with van der Waals surface area (Å²) in [7, 11) is -1.77. The van der Waals surface area contributed by atoms with Gasteiger partial charge in [-0.25, -0.2) is 0 Å². The molecule has 3 nitrogen and oxygen atoms in total. The SMILES string of the molecule is [2H]C([2H])(c1cc(-c2[c-]ccc([N+]#[C-])c2)ncc1[Si](C)(C)C)C(C)(C)C.[2H]C([2H])(c1ccnc(-c2[c-]ccc3c2sc2cc(-c4ccccc4)ccc23)c1)C1CC2CCC1CC2.[Ir]. The topological polar surface area (TPSA) is 30.1 Å². The normalized spacial score (nSPS) is 19.2. The van der Waals surface area contributed by atoms with Crippen LogP contribution in [0, 0.1) is 41.9 Å². The van der Waals surface area contributed by atoms with E-state index >= 15 is 0 Å². The Bertz CT molecular complexity index is 2760. The van der Waals surface area contributed by atoms with Crippen LogP contribution in [0.2, 0.25) is 19.6 Å². The minimum absolute atomic E-state index is 0. The first kappa shape index (κ1) is 36.8. The standard InChI is InChI=1S/C32H28NS.C20H25N2Si.Ir/c1-2-5-23(6-3-1)25-13-14-27-28-7-4-8-29(32(28)34-31(27)20-25)30-19-22(15-16-33-30)18-26-17-21-9-11-24(26)12-10-21;1-20(2,3)13-16-12-18(22-14-19(16)23(5,6)7)15-9-8-10-17(11-15)21-4;/h1-7,13-16,19-21,24,26H,9-12,17-18H2;8,10-12,14H,13H2,1-3,5-7H3;/q2*-1;/i18D2;13D2;. The molecule has 6 heteroatoms. The predicted molar refractivity (Wildman–Crippen MR) is 245 cm³/mol. The van der Waals surface area contributed by atoms with E-state index in [-0.39, 0.29) is 26.0 Å². The van der Waals surface area contributed by atoms with Gasteiger partial charge in [-0.2, -0.15) is 17.4 Å².